The maximum atomic E-state index is 5.76. The predicted octanol–water partition coefficient (Wildman–Crippen LogP) is -0.442. The quantitative estimate of drug-likeness (QED) is 0.584. The Bertz CT molecular complexity index is 631. The molecule has 0 aliphatic carbocycles. The number of aromatic nitrogens is 7. The third-order valence-corrected chi connectivity index (χ3v) is 2.00. The van der Waals surface area contributed by atoms with Crippen LogP contribution in [0.15, 0.2) is 24.4 Å². The third kappa shape index (κ3) is 1.24. The minimum Gasteiger partial charge on any atom is -0.382 e. The van der Waals surface area contributed by atoms with Crippen molar-refractivity contribution in [2.24, 2.45) is 0 Å². The lowest BCUT2D eigenvalue weighted by atomic mass is 10.3. The topological polar surface area (TPSA) is 108 Å². The second-order valence-electron chi connectivity index (χ2n) is 3.03. The highest BCUT2D eigenvalue weighted by Crippen LogP contribution is 2.18. The van der Waals surface area contributed by atoms with Crippen molar-refractivity contribution in [3.05, 3.63) is 24.4 Å². The Kier molecular flexibility index (Phi) is 1.72. The van der Waals surface area contributed by atoms with E-state index in [1.165, 1.54) is 4.63 Å². The zero-order chi connectivity index (χ0) is 11.0. The molecule has 2 N–H and O–H groups in total. The summed E-state index contributed by atoms with van der Waals surface area (Å²) in [4.78, 5) is 8.15. The highest BCUT2D eigenvalue weighted by Gasteiger charge is 2.10. The van der Waals surface area contributed by atoms with Gasteiger partial charge in [-0.15, -0.1) is 5.10 Å². The highest BCUT2D eigenvalue weighted by atomic mass is 15.6. The maximum absolute atomic E-state index is 5.76. The fourth-order valence-corrected chi connectivity index (χ4v) is 1.30. The van der Waals surface area contributed by atoms with Crippen molar-refractivity contribution in [2.75, 3.05) is 5.73 Å². The number of fused-ring (bicyclic) bond motifs is 1. The van der Waals surface area contributed by atoms with E-state index in [9.17, 15) is 0 Å². The van der Waals surface area contributed by atoms with Crippen LogP contribution in [0.5, 0.6) is 0 Å². The molecule has 3 heterocycles. The molecule has 3 aromatic heterocycles. The van der Waals surface area contributed by atoms with Gasteiger partial charge in [0, 0.05) is 6.20 Å². The monoisotopic (exact) mass is 214 g/mol. The molecule has 0 amide bonds. The van der Waals surface area contributed by atoms with Crippen LogP contribution in [0.3, 0.4) is 0 Å². The van der Waals surface area contributed by atoms with Gasteiger partial charge in [-0.05, 0) is 22.6 Å². The zero-order valence-corrected chi connectivity index (χ0v) is 8.02. The Morgan fingerprint density at radius 1 is 1.25 bits per heavy atom. The Hall–Kier alpha value is -2.64. The molecule has 0 aliphatic rings. The molecule has 8 heteroatoms. The lowest BCUT2D eigenvalue weighted by Gasteiger charge is -2.01. The van der Waals surface area contributed by atoms with Crippen LogP contribution in [0, 0.1) is 0 Å². The Morgan fingerprint density at radius 3 is 3.00 bits per heavy atom. The van der Waals surface area contributed by atoms with Gasteiger partial charge in [-0.2, -0.15) is 4.98 Å². The maximum Gasteiger partial charge on any atom is 0.293 e. The van der Waals surface area contributed by atoms with Gasteiger partial charge in [0.2, 0.25) is 0 Å². The van der Waals surface area contributed by atoms with Crippen LogP contribution in [-0.4, -0.2) is 35.2 Å². The number of anilines is 1. The van der Waals surface area contributed by atoms with Gasteiger partial charge in [0.05, 0.1) is 5.69 Å². The van der Waals surface area contributed by atoms with Crippen molar-refractivity contribution < 1.29 is 0 Å². The number of nitrogen functional groups attached to an aromatic ring is 1. The highest BCUT2D eigenvalue weighted by molar-refractivity contribution is 5.66. The zero-order valence-electron chi connectivity index (χ0n) is 8.02. The summed E-state index contributed by atoms with van der Waals surface area (Å²) in [6.07, 6.45) is 1.65. The van der Waals surface area contributed by atoms with Crippen molar-refractivity contribution in [2.45, 2.75) is 0 Å². The third-order valence-electron chi connectivity index (χ3n) is 2.00. The average Bonchev–Trinajstić information content (AvgIpc) is 2.76. The summed E-state index contributed by atoms with van der Waals surface area (Å²) >= 11 is 0. The van der Waals surface area contributed by atoms with Crippen LogP contribution in [0.1, 0.15) is 0 Å². The molecular weight excluding hydrogens is 208 g/mol. The lowest BCUT2D eigenvalue weighted by Crippen LogP contribution is -2.05. The number of hydrogen-bond donors (Lipinski definition) is 1. The van der Waals surface area contributed by atoms with E-state index in [4.69, 9.17) is 5.73 Å². The van der Waals surface area contributed by atoms with Crippen molar-refractivity contribution in [1.29, 1.82) is 0 Å². The number of hydrogen-bond acceptors (Lipinski definition) is 7. The Balaban J connectivity index is 2.27. The van der Waals surface area contributed by atoms with E-state index in [0.29, 0.717) is 11.4 Å². The van der Waals surface area contributed by atoms with Crippen molar-refractivity contribution in [1.82, 2.24) is 35.2 Å². The summed E-state index contributed by atoms with van der Waals surface area (Å²) < 4.78 is 1.21. The van der Waals surface area contributed by atoms with E-state index in [1.807, 2.05) is 12.1 Å². The molecule has 0 saturated heterocycles. The summed E-state index contributed by atoms with van der Waals surface area (Å²) in [5.41, 5.74) is 6.84. The first-order valence-corrected chi connectivity index (χ1v) is 4.48. The van der Waals surface area contributed by atoms with Crippen LogP contribution < -0.4 is 5.73 Å². The normalized spacial score (nSPS) is 10.8. The second kappa shape index (κ2) is 3.19. The minimum atomic E-state index is 0.251. The van der Waals surface area contributed by atoms with Crippen LogP contribution in [0.2, 0.25) is 0 Å². The molecule has 0 bridgehead atoms. The fraction of sp³-hybridized carbons (Fsp3) is 0. The van der Waals surface area contributed by atoms with Gasteiger partial charge in [-0.25, -0.2) is 0 Å². The van der Waals surface area contributed by atoms with Gasteiger partial charge >= 0.3 is 0 Å². The minimum absolute atomic E-state index is 0.251. The number of rotatable bonds is 1. The molecule has 0 radical (unpaired) electrons. The SMILES string of the molecule is Nc1nc2nnnn2nc1-c1ccccn1. The summed E-state index contributed by atoms with van der Waals surface area (Å²) in [5.74, 6) is 0.512. The molecule has 16 heavy (non-hydrogen) atoms. The molecule has 0 unspecified atom stereocenters. The molecule has 0 fully saturated rings. The molecule has 0 atom stereocenters. The molecule has 8 nitrogen and oxygen atoms in total. The van der Waals surface area contributed by atoms with Gasteiger partial charge in [0.1, 0.15) is 0 Å². The van der Waals surface area contributed by atoms with Gasteiger partial charge < -0.3 is 5.73 Å². The van der Waals surface area contributed by atoms with E-state index >= 15 is 0 Å². The summed E-state index contributed by atoms with van der Waals surface area (Å²) in [5, 5.41) is 14.9. The first kappa shape index (κ1) is 8.65. The first-order chi connectivity index (χ1) is 7.84. The van der Waals surface area contributed by atoms with Crippen molar-refractivity contribution in [3.63, 3.8) is 0 Å². The Morgan fingerprint density at radius 2 is 2.19 bits per heavy atom. The largest absolute Gasteiger partial charge is 0.382 e. The second-order valence-corrected chi connectivity index (χ2v) is 3.03. The van der Waals surface area contributed by atoms with E-state index < -0.39 is 0 Å². The van der Waals surface area contributed by atoms with E-state index in [-0.39, 0.29) is 11.6 Å². The molecule has 3 rings (SSSR count). The van der Waals surface area contributed by atoms with E-state index in [1.54, 1.807) is 12.3 Å². The van der Waals surface area contributed by atoms with Crippen LogP contribution >= 0.6 is 0 Å². The van der Waals surface area contributed by atoms with E-state index in [0.717, 1.165) is 0 Å². The number of nitrogens with two attached hydrogens (primary N) is 1. The molecule has 0 spiro atoms. The van der Waals surface area contributed by atoms with E-state index in [2.05, 4.69) is 30.6 Å². The average molecular weight is 214 g/mol. The summed E-state index contributed by atoms with van der Waals surface area (Å²) in [6.45, 7) is 0. The lowest BCUT2D eigenvalue weighted by molar-refractivity contribution is 0.729. The van der Waals surface area contributed by atoms with Crippen LogP contribution in [0.4, 0.5) is 5.82 Å². The fourth-order valence-electron chi connectivity index (χ4n) is 1.30. The van der Waals surface area contributed by atoms with Gasteiger partial charge in [0.25, 0.3) is 5.78 Å². The van der Waals surface area contributed by atoms with Crippen LogP contribution in [-0.2, 0) is 0 Å². The van der Waals surface area contributed by atoms with Gasteiger partial charge in [-0.3, -0.25) is 4.98 Å². The number of tetrazole rings is 1. The summed E-state index contributed by atoms with van der Waals surface area (Å²) in [6, 6.07) is 5.44. The standard InChI is InChI=1S/C8H6N8/c9-7-6(5-3-1-2-4-10-5)13-16-8(11-7)12-14-15-16/h1-4H,(H2,9,11,12,15). The predicted molar refractivity (Wildman–Crippen MR) is 54.0 cm³/mol. The molecule has 0 aliphatic heterocycles. The molecule has 3 aromatic rings. The molecular formula is C8H6N8. The molecule has 0 aromatic carbocycles. The van der Waals surface area contributed by atoms with Gasteiger partial charge in [0.15, 0.2) is 11.5 Å². The smallest absolute Gasteiger partial charge is 0.293 e. The molecule has 0 saturated carbocycles. The molecule has 78 valence electrons. The number of pyridine rings is 1. The first-order valence-electron chi connectivity index (χ1n) is 4.48. The van der Waals surface area contributed by atoms with Crippen molar-refractivity contribution >= 4 is 11.6 Å². The van der Waals surface area contributed by atoms with Crippen LogP contribution in [0.25, 0.3) is 17.2 Å². The Labute approximate surface area is 89.1 Å². The summed E-state index contributed by atoms with van der Waals surface area (Å²) in [7, 11) is 0. The van der Waals surface area contributed by atoms with Gasteiger partial charge in [-0.1, -0.05) is 15.8 Å². The number of nitrogens with zero attached hydrogens (tertiary/aromatic N) is 7. The van der Waals surface area contributed by atoms with Crippen molar-refractivity contribution in [3.8, 4) is 11.4 Å².